The molecule has 1 aromatic carbocycles. The highest BCUT2D eigenvalue weighted by Gasteiger charge is 2.34. The van der Waals surface area contributed by atoms with Gasteiger partial charge in [-0.15, -0.1) is 0 Å². The van der Waals surface area contributed by atoms with Crippen molar-refractivity contribution in [3.63, 3.8) is 0 Å². The van der Waals surface area contributed by atoms with Crippen LogP contribution in [0.4, 0.5) is 13.2 Å². The third-order valence-corrected chi connectivity index (χ3v) is 3.11. The fourth-order valence-corrected chi connectivity index (χ4v) is 2.26. The Kier molecular flexibility index (Phi) is 3.47. The molecular weight excluding hydrogens is 275 g/mol. The number of alkyl halides is 3. The van der Waals surface area contributed by atoms with Gasteiger partial charge in [-0.2, -0.15) is 13.2 Å². The van der Waals surface area contributed by atoms with Gasteiger partial charge < -0.3 is 14.8 Å². The maximum Gasteiger partial charge on any atom is 0.417 e. The summed E-state index contributed by atoms with van der Waals surface area (Å²) in [6.07, 6.45) is -6.39. The van der Waals surface area contributed by atoms with Gasteiger partial charge in [-0.05, 0) is 25.1 Å². The van der Waals surface area contributed by atoms with Gasteiger partial charge in [0, 0.05) is 17.4 Å². The van der Waals surface area contributed by atoms with Crippen molar-refractivity contribution in [1.29, 1.82) is 0 Å². The van der Waals surface area contributed by atoms with E-state index in [0.29, 0.717) is 0 Å². The van der Waals surface area contributed by atoms with Crippen molar-refractivity contribution < 1.29 is 28.2 Å². The summed E-state index contributed by atoms with van der Waals surface area (Å²) in [5, 5.41) is 18.3. The monoisotopic (exact) mass is 287 g/mol. The lowest BCUT2D eigenvalue weighted by Crippen LogP contribution is -2.14. The second-order valence-corrected chi connectivity index (χ2v) is 4.29. The highest BCUT2D eigenvalue weighted by Crippen LogP contribution is 2.37. The number of hydrogen-bond acceptors (Lipinski definition) is 2. The largest absolute Gasteiger partial charge is 0.479 e. The van der Waals surface area contributed by atoms with Crippen molar-refractivity contribution in [3.05, 3.63) is 35.5 Å². The number of aryl methyl sites for hydroxylation is 1. The summed E-state index contributed by atoms with van der Waals surface area (Å²) in [6, 6.07) is 4.74. The number of nitrogens with zero attached hydrogens (tertiary/aromatic N) is 1. The van der Waals surface area contributed by atoms with Crippen LogP contribution in [0.25, 0.3) is 10.9 Å². The molecule has 0 spiro atoms. The van der Waals surface area contributed by atoms with E-state index in [1.165, 1.54) is 16.7 Å². The van der Waals surface area contributed by atoms with E-state index in [2.05, 4.69) is 0 Å². The Hall–Kier alpha value is -2.02. The number of hydrogen-bond donors (Lipinski definition) is 2. The Labute approximate surface area is 112 Å². The molecule has 2 N–H and O–H groups in total. The summed E-state index contributed by atoms with van der Waals surface area (Å²) in [4.78, 5) is 10.8. The average Bonchev–Trinajstić information content (AvgIpc) is 2.74. The fraction of sp³-hybridized carbons (Fsp3) is 0.308. The van der Waals surface area contributed by atoms with Crippen LogP contribution in [-0.2, 0) is 17.5 Å². The number of carboxylic acid groups (broad SMARTS) is 1. The van der Waals surface area contributed by atoms with Crippen molar-refractivity contribution in [1.82, 2.24) is 4.57 Å². The first-order valence-corrected chi connectivity index (χ1v) is 5.87. The Balaban J connectivity index is 2.77. The molecular formula is C13H12F3NO3. The molecule has 2 aromatic rings. The minimum absolute atomic E-state index is 0.0632. The molecule has 0 bridgehead atoms. The molecule has 1 heterocycles. The SMILES string of the molecule is CCn1c(C(O)C(=O)O)cc2c(C(F)(F)F)cccc21. The topological polar surface area (TPSA) is 62.5 Å². The minimum atomic E-state index is -4.54. The summed E-state index contributed by atoms with van der Waals surface area (Å²) in [6.45, 7) is 1.92. The van der Waals surface area contributed by atoms with Gasteiger partial charge in [0.2, 0.25) is 0 Å². The molecule has 0 aliphatic heterocycles. The first-order valence-electron chi connectivity index (χ1n) is 5.87. The maximum atomic E-state index is 12.9. The van der Waals surface area contributed by atoms with Crippen molar-refractivity contribution in [3.8, 4) is 0 Å². The molecule has 2 rings (SSSR count). The van der Waals surface area contributed by atoms with Crippen molar-refractivity contribution in [2.24, 2.45) is 0 Å². The summed E-state index contributed by atoms with van der Waals surface area (Å²) in [5.74, 6) is -1.50. The number of fused-ring (bicyclic) bond motifs is 1. The Morgan fingerprint density at radius 2 is 2.05 bits per heavy atom. The van der Waals surface area contributed by atoms with Gasteiger partial charge in [0.25, 0.3) is 0 Å². The Morgan fingerprint density at radius 3 is 2.55 bits per heavy atom. The predicted molar refractivity (Wildman–Crippen MR) is 65.2 cm³/mol. The standard InChI is InChI=1S/C13H12F3NO3/c1-2-17-9-5-3-4-8(13(14,15)16)7(9)6-10(17)11(18)12(19)20/h3-6,11,18H,2H2,1H3,(H,19,20). The van der Waals surface area contributed by atoms with Crippen LogP contribution in [0, 0.1) is 0 Å². The number of benzene rings is 1. The predicted octanol–water partition coefficient (Wildman–Crippen LogP) is 2.80. The van der Waals surface area contributed by atoms with E-state index in [1.807, 2.05) is 0 Å². The lowest BCUT2D eigenvalue weighted by atomic mass is 10.1. The number of carboxylic acids is 1. The summed E-state index contributed by atoms with van der Waals surface area (Å²) < 4.78 is 40.2. The lowest BCUT2D eigenvalue weighted by Gasteiger charge is -2.11. The highest BCUT2D eigenvalue weighted by atomic mass is 19.4. The van der Waals surface area contributed by atoms with Gasteiger partial charge in [0.05, 0.1) is 11.3 Å². The smallest absolute Gasteiger partial charge is 0.417 e. The van der Waals surface area contributed by atoms with Crippen LogP contribution in [0.1, 0.15) is 24.3 Å². The number of rotatable bonds is 3. The van der Waals surface area contributed by atoms with E-state index in [4.69, 9.17) is 5.11 Å². The van der Waals surface area contributed by atoms with Crippen LogP contribution >= 0.6 is 0 Å². The maximum absolute atomic E-state index is 12.9. The van der Waals surface area contributed by atoms with Gasteiger partial charge in [0.1, 0.15) is 0 Å². The molecule has 1 atom stereocenters. The number of aliphatic hydroxyl groups excluding tert-OH is 1. The van der Waals surface area contributed by atoms with E-state index in [1.54, 1.807) is 6.92 Å². The molecule has 108 valence electrons. The van der Waals surface area contributed by atoms with Crippen LogP contribution < -0.4 is 0 Å². The van der Waals surface area contributed by atoms with Gasteiger partial charge in [-0.25, -0.2) is 4.79 Å². The quantitative estimate of drug-likeness (QED) is 0.912. The zero-order chi connectivity index (χ0) is 15.1. The Bertz CT molecular complexity index is 661. The molecule has 0 aliphatic rings. The van der Waals surface area contributed by atoms with Crippen LogP contribution in [0.3, 0.4) is 0 Å². The number of aliphatic hydroxyl groups is 1. The summed E-state index contributed by atoms with van der Waals surface area (Å²) in [7, 11) is 0. The minimum Gasteiger partial charge on any atom is -0.479 e. The number of carbonyl (C=O) groups is 1. The summed E-state index contributed by atoms with van der Waals surface area (Å²) in [5.41, 5.74) is -0.662. The second-order valence-electron chi connectivity index (χ2n) is 4.29. The Morgan fingerprint density at radius 1 is 1.40 bits per heavy atom. The van der Waals surface area contributed by atoms with Gasteiger partial charge in [-0.1, -0.05) is 6.07 Å². The van der Waals surface area contributed by atoms with Gasteiger partial charge >= 0.3 is 12.1 Å². The second kappa shape index (κ2) is 4.82. The molecule has 1 aromatic heterocycles. The third kappa shape index (κ3) is 2.24. The normalized spacial score (nSPS) is 13.7. The van der Waals surface area contributed by atoms with Crippen molar-refractivity contribution >= 4 is 16.9 Å². The zero-order valence-corrected chi connectivity index (χ0v) is 10.5. The third-order valence-electron chi connectivity index (χ3n) is 3.11. The molecule has 0 aliphatic carbocycles. The van der Waals surface area contributed by atoms with E-state index in [0.717, 1.165) is 12.1 Å². The lowest BCUT2D eigenvalue weighted by molar-refractivity contribution is -0.147. The molecule has 0 saturated carbocycles. The van der Waals surface area contributed by atoms with Crippen LogP contribution in [-0.4, -0.2) is 20.7 Å². The summed E-state index contributed by atoms with van der Waals surface area (Å²) >= 11 is 0. The van der Waals surface area contributed by atoms with Crippen molar-refractivity contribution in [2.45, 2.75) is 25.7 Å². The fourth-order valence-electron chi connectivity index (χ4n) is 2.26. The van der Waals surface area contributed by atoms with E-state index < -0.39 is 23.8 Å². The van der Waals surface area contributed by atoms with Crippen LogP contribution in [0.2, 0.25) is 0 Å². The number of halogens is 3. The molecule has 20 heavy (non-hydrogen) atoms. The van der Waals surface area contributed by atoms with Gasteiger partial charge in [-0.3, -0.25) is 0 Å². The van der Waals surface area contributed by atoms with Gasteiger partial charge in [0.15, 0.2) is 6.10 Å². The molecule has 0 radical (unpaired) electrons. The van der Waals surface area contributed by atoms with Crippen molar-refractivity contribution in [2.75, 3.05) is 0 Å². The zero-order valence-electron chi connectivity index (χ0n) is 10.5. The van der Waals surface area contributed by atoms with Crippen LogP contribution in [0.5, 0.6) is 0 Å². The molecule has 0 amide bonds. The van der Waals surface area contributed by atoms with Crippen LogP contribution in [0.15, 0.2) is 24.3 Å². The molecule has 4 nitrogen and oxygen atoms in total. The molecule has 1 unspecified atom stereocenters. The highest BCUT2D eigenvalue weighted by molar-refractivity contribution is 5.87. The average molecular weight is 287 g/mol. The first-order chi connectivity index (χ1) is 9.27. The van der Waals surface area contributed by atoms with E-state index in [-0.39, 0.29) is 23.1 Å². The molecule has 7 heteroatoms. The first kappa shape index (κ1) is 14.4. The molecule has 0 saturated heterocycles. The van der Waals surface area contributed by atoms with E-state index in [9.17, 15) is 23.1 Å². The van der Waals surface area contributed by atoms with E-state index >= 15 is 0 Å². The molecule has 0 fully saturated rings. The number of aliphatic carboxylic acids is 1. The number of aromatic nitrogens is 1.